The third-order valence-electron chi connectivity index (χ3n) is 3.88. The lowest BCUT2D eigenvalue weighted by atomic mass is 9.95. The van der Waals surface area contributed by atoms with E-state index in [1.807, 2.05) is 0 Å². The predicted molar refractivity (Wildman–Crippen MR) is 80.2 cm³/mol. The first kappa shape index (κ1) is 14.4. The van der Waals surface area contributed by atoms with Gasteiger partial charge >= 0.3 is 5.97 Å². The van der Waals surface area contributed by atoms with E-state index in [1.54, 1.807) is 6.07 Å². The summed E-state index contributed by atoms with van der Waals surface area (Å²) in [5.74, 6) is -1.21. The van der Waals surface area contributed by atoms with E-state index in [4.69, 9.17) is 5.11 Å². The van der Waals surface area contributed by atoms with Gasteiger partial charge in [-0.1, -0.05) is 31.0 Å². The largest absolute Gasteiger partial charge is 0.481 e. The topological polar surface area (TPSA) is 55.1 Å². The second-order valence-electron chi connectivity index (χ2n) is 5.37. The summed E-state index contributed by atoms with van der Waals surface area (Å²) in [6, 6.07) is 4.94. The average Bonchev–Trinajstić information content (AvgIpc) is 2.83. The van der Waals surface area contributed by atoms with Crippen LogP contribution >= 0.6 is 11.8 Å². The summed E-state index contributed by atoms with van der Waals surface area (Å²) in [7, 11) is 0. The summed E-state index contributed by atoms with van der Waals surface area (Å²) in [6.07, 6.45) is 5.74. The van der Waals surface area contributed by atoms with Crippen LogP contribution in [0.2, 0.25) is 0 Å². The Morgan fingerprint density at radius 2 is 2.14 bits per heavy atom. The molecule has 0 saturated heterocycles. The number of halogens is 1. The number of hydrogen-bond acceptors (Lipinski definition) is 3. The van der Waals surface area contributed by atoms with Gasteiger partial charge in [0, 0.05) is 12.1 Å². The number of fused-ring (bicyclic) bond motifs is 1. The highest BCUT2D eigenvalue weighted by Gasteiger charge is 2.22. The molecule has 0 radical (unpaired) electrons. The molecular formula is C15H17FN2O2S. The highest BCUT2D eigenvalue weighted by atomic mass is 32.2. The molecule has 0 bridgehead atoms. The lowest BCUT2D eigenvalue weighted by Crippen LogP contribution is -2.14. The number of thioether (sulfide) groups is 1. The van der Waals surface area contributed by atoms with Crippen molar-refractivity contribution < 1.29 is 14.3 Å². The van der Waals surface area contributed by atoms with E-state index in [-0.39, 0.29) is 11.6 Å². The molecule has 21 heavy (non-hydrogen) atoms. The molecule has 0 atom stereocenters. The first-order chi connectivity index (χ1) is 10.1. The normalized spacial score (nSPS) is 16.4. The van der Waals surface area contributed by atoms with Crippen molar-refractivity contribution in [1.29, 1.82) is 0 Å². The van der Waals surface area contributed by atoms with Crippen LogP contribution in [-0.2, 0) is 4.79 Å². The van der Waals surface area contributed by atoms with Crippen molar-refractivity contribution in [3.8, 4) is 0 Å². The standard InChI is InChI=1S/C15H17FN2O2S/c16-10-6-7-13-12(8-10)17-15(21-9-14(19)20)18(13)11-4-2-1-3-5-11/h6-8,11H,1-5,9H2,(H,19,20). The predicted octanol–water partition coefficient (Wildman–Crippen LogP) is 3.86. The Kier molecular flexibility index (Phi) is 4.14. The molecule has 0 aliphatic heterocycles. The van der Waals surface area contributed by atoms with Crippen LogP contribution in [0.1, 0.15) is 38.1 Å². The van der Waals surface area contributed by atoms with Crippen LogP contribution in [0.5, 0.6) is 0 Å². The van der Waals surface area contributed by atoms with Gasteiger partial charge in [-0.05, 0) is 25.0 Å². The number of carboxylic acids is 1. The second kappa shape index (κ2) is 6.05. The SMILES string of the molecule is O=C(O)CSc1nc2cc(F)ccc2n1C1CCCCC1. The monoisotopic (exact) mass is 308 g/mol. The van der Waals surface area contributed by atoms with E-state index in [2.05, 4.69) is 9.55 Å². The Morgan fingerprint density at radius 3 is 2.86 bits per heavy atom. The van der Waals surface area contributed by atoms with Crippen molar-refractivity contribution in [3.63, 3.8) is 0 Å². The summed E-state index contributed by atoms with van der Waals surface area (Å²) in [5.41, 5.74) is 1.50. The number of imidazole rings is 1. The first-order valence-corrected chi connectivity index (χ1v) is 8.16. The molecule has 1 heterocycles. The van der Waals surface area contributed by atoms with Gasteiger partial charge in [-0.15, -0.1) is 0 Å². The average molecular weight is 308 g/mol. The van der Waals surface area contributed by atoms with Gasteiger partial charge in [-0.2, -0.15) is 0 Å². The van der Waals surface area contributed by atoms with Crippen LogP contribution in [0.4, 0.5) is 4.39 Å². The Hall–Kier alpha value is -1.56. The zero-order valence-corrected chi connectivity index (χ0v) is 12.4. The van der Waals surface area contributed by atoms with E-state index in [1.165, 1.54) is 43.2 Å². The number of carboxylic acid groups (broad SMARTS) is 1. The molecule has 1 fully saturated rings. The number of nitrogens with zero attached hydrogens (tertiary/aromatic N) is 2. The molecule has 1 aliphatic carbocycles. The quantitative estimate of drug-likeness (QED) is 0.871. The Morgan fingerprint density at radius 1 is 1.38 bits per heavy atom. The number of aromatic nitrogens is 2. The van der Waals surface area contributed by atoms with Crippen molar-refractivity contribution in [2.45, 2.75) is 43.3 Å². The zero-order valence-electron chi connectivity index (χ0n) is 11.6. The van der Waals surface area contributed by atoms with Gasteiger partial charge in [0.1, 0.15) is 5.82 Å². The van der Waals surface area contributed by atoms with Gasteiger partial charge in [0.05, 0.1) is 16.8 Å². The molecule has 1 N–H and O–H groups in total. The fraction of sp³-hybridized carbons (Fsp3) is 0.467. The summed E-state index contributed by atoms with van der Waals surface area (Å²) in [6.45, 7) is 0. The smallest absolute Gasteiger partial charge is 0.313 e. The minimum absolute atomic E-state index is 0.0292. The summed E-state index contributed by atoms with van der Waals surface area (Å²) in [4.78, 5) is 15.3. The van der Waals surface area contributed by atoms with Crippen LogP contribution in [0.25, 0.3) is 11.0 Å². The highest BCUT2D eigenvalue weighted by Crippen LogP contribution is 2.35. The fourth-order valence-corrected chi connectivity index (χ4v) is 3.77. The molecule has 1 aliphatic rings. The zero-order chi connectivity index (χ0) is 14.8. The molecule has 0 spiro atoms. The highest BCUT2D eigenvalue weighted by molar-refractivity contribution is 7.99. The third kappa shape index (κ3) is 3.05. The number of aliphatic carboxylic acids is 1. The molecule has 112 valence electrons. The van der Waals surface area contributed by atoms with Crippen molar-refractivity contribution in [1.82, 2.24) is 9.55 Å². The van der Waals surface area contributed by atoms with Crippen LogP contribution < -0.4 is 0 Å². The summed E-state index contributed by atoms with van der Waals surface area (Å²) in [5, 5.41) is 9.56. The van der Waals surface area contributed by atoms with Crippen molar-refractivity contribution in [2.75, 3.05) is 5.75 Å². The van der Waals surface area contributed by atoms with Gasteiger partial charge in [0.25, 0.3) is 0 Å². The number of benzene rings is 1. The molecule has 3 rings (SSSR count). The van der Waals surface area contributed by atoms with Gasteiger partial charge in [0.2, 0.25) is 0 Å². The van der Waals surface area contributed by atoms with Crippen molar-refractivity contribution in [3.05, 3.63) is 24.0 Å². The van der Waals surface area contributed by atoms with Crippen LogP contribution in [0.15, 0.2) is 23.4 Å². The minimum Gasteiger partial charge on any atom is -0.481 e. The molecule has 1 saturated carbocycles. The summed E-state index contributed by atoms with van der Waals surface area (Å²) < 4.78 is 15.5. The fourth-order valence-electron chi connectivity index (χ4n) is 2.97. The van der Waals surface area contributed by atoms with E-state index in [9.17, 15) is 9.18 Å². The Labute approximate surface area is 126 Å². The first-order valence-electron chi connectivity index (χ1n) is 7.17. The molecule has 0 unspecified atom stereocenters. The number of rotatable bonds is 4. The molecule has 6 heteroatoms. The number of hydrogen-bond donors (Lipinski definition) is 1. The van der Waals surface area contributed by atoms with Crippen molar-refractivity contribution in [2.24, 2.45) is 0 Å². The summed E-state index contributed by atoms with van der Waals surface area (Å²) >= 11 is 1.21. The maximum Gasteiger partial charge on any atom is 0.313 e. The van der Waals surface area contributed by atoms with E-state index in [0.717, 1.165) is 18.4 Å². The molecular weight excluding hydrogens is 291 g/mol. The van der Waals surface area contributed by atoms with Gasteiger partial charge in [0.15, 0.2) is 5.16 Å². The van der Waals surface area contributed by atoms with Crippen LogP contribution in [-0.4, -0.2) is 26.4 Å². The maximum absolute atomic E-state index is 13.4. The molecule has 2 aromatic rings. The third-order valence-corrected chi connectivity index (χ3v) is 4.82. The van der Waals surface area contributed by atoms with E-state index in [0.29, 0.717) is 16.7 Å². The molecule has 4 nitrogen and oxygen atoms in total. The Bertz CT molecular complexity index is 665. The lowest BCUT2D eigenvalue weighted by Gasteiger charge is -2.25. The van der Waals surface area contributed by atoms with E-state index < -0.39 is 5.97 Å². The van der Waals surface area contributed by atoms with Gasteiger partial charge < -0.3 is 9.67 Å². The molecule has 0 amide bonds. The molecule has 1 aromatic carbocycles. The molecule has 1 aromatic heterocycles. The van der Waals surface area contributed by atoms with Gasteiger partial charge in [-0.3, -0.25) is 4.79 Å². The second-order valence-corrected chi connectivity index (χ2v) is 6.31. The minimum atomic E-state index is -0.867. The van der Waals surface area contributed by atoms with Crippen LogP contribution in [0, 0.1) is 5.82 Å². The maximum atomic E-state index is 13.4. The van der Waals surface area contributed by atoms with Gasteiger partial charge in [-0.25, -0.2) is 9.37 Å². The van der Waals surface area contributed by atoms with Crippen molar-refractivity contribution >= 4 is 28.8 Å². The lowest BCUT2D eigenvalue weighted by molar-refractivity contribution is -0.133. The van der Waals surface area contributed by atoms with Crippen LogP contribution in [0.3, 0.4) is 0 Å². The Balaban J connectivity index is 2.03. The van der Waals surface area contributed by atoms with E-state index >= 15 is 0 Å². The number of carbonyl (C=O) groups is 1.